The molecule has 1 amide bonds. The van der Waals surface area contributed by atoms with Gasteiger partial charge < -0.3 is 15.6 Å². The molecule has 1 atom stereocenters. The molecule has 0 spiro atoms. The molecule has 0 aliphatic rings. The molecular formula is C12H16N6O. The third-order valence-electron chi connectivity index (χ3n) is 2.70. The highest BCUT2D eigenvalue weighted by atomic mass is 16.1. The van der Waals surface area contributed by atoms with Crippen molar-refractivity contribution in [3.63, 3.8) is 0 Å². The second kappa shape index (κ2) is 5.47. The Bertz CT molecular complexity index is 562. The molecule has 2 heterocycles. The lowest BCUT2D eigenvalue weighted by Crippen LogP contribution is -2.29. The van der Waals surface area contributed by atoms with Crippen molar-refractivity contribution >= 4 is 11.6 Å². The van der Waals surface area contributed by atoms with Crippen LogP contribution < -0.4 is 11.1 Å². The zero-order valence-corrected chi connectivity index (χ0v) is 10.9. The Hall–Kier alpha value is -2.44. The van der Waals surface area contributed by atoms with Gasteiger partial charge in [-0.15, -0.1) is 10.2 Å². The molecule has 0 aromatic carbocycles. The van der Waals surface area contributed by atoms with Gasteiger partial charge in [0.1, 0.15) is 6.33 Å². The molecule has 1 unspecified atom stereocenters. The quantitative estimate of drug-likeness (QED) is 0.819. The van der Waals surface area contributed by atoms with E-state index < -0.39 is 0 Å². The van der Waals surface area contributed by atoms with E-state index in [0.29, 0.717) is 17.2 Å². The summed E-state index contributed by atoms with van der Waals surface area (Å²) >= 11 is 0. The standard InChI is InChI=1S/C12H16N6O/c1-8(12-17-15-7-18(12)2)16-11(19)5-10-4-3-9(13)6-14-10/h3-4,6-8H,5,13H2,1-2H3,(H,16,19). The van der Waals surface area contributed by atoms with Gasteiger partial charge in [0.05, 0.1) is 24.3 Å². The maximum atomic E-state index is 11.9. The van der Waals surface area contributed by atoms with Crippen molar-refractivity contribution in [2.24, 2.45) is 7.05 Å². The first-order valence-electron chi connectivity index (χ1n) is 5.90. The van der Waals surface area contributed by atoms with Gasteiger partial charge in [0.2, 0.25) is 5.91 Å². The van der Waals surface area contributed by atoms with E-state index in [9.17, 15) is 4.79 Å². The van der Waals surface area contributed by atoms with Crippen LogP contribution in [-0.4, -0.2) is 25.7 Å². The summed E-state index contributed by atoms with van der Waals surface area (Å²) in [5.74, 6) is 0.589. The first-order valence-corrected chi connectivity index (χ1v) is 5.90. The molecule has 19 heavy (non-hydrogen) atoms. The summed E-state index contributed by atoms with van der Waals surface area (Å²) in [6.45, 7) is 1.86. The molecule has 7 nitrogen and oxygen atoms in total. The maximum absolute atomic E-state index is 11.9. The summed E-state index contributed by atoms with van der Waals surface area (Å²) in [4.78, 5) is 16.0. The van der Waals surface area contributed by atoms with E-state index >= 15 is 0 Å². The summed E-state index contributed by atoms with van der Waals surface area (Å²) in [5, 5.41) is 10.6. The predicted octanol–water partition coefficient (Wildman–Crippen LogP) is 0.212. The van der Waals surface area contributed by atoms with Crippen LogP contribution >= 0.6 is 0 Å². The molecule has 0 radical (unpaired) electrons. The number of carbonyl (C=O) groups excluding carboxylic acids is 1. The van der Waals surface area contributed by atoms with Crippen LogP contribution in [0.3, 0.4) is 0 Å². The summed E-state index contributed by atoms with van der Waals surface area (Å²) in [6, 6.07) is 3.26. The average molecular weight is 260 g/mol. The lowest BCUT2D eigenvalue weighted by molar-refractivity contribution is -0.121. The Labute approximate surface area is 110 Å². The largest absolute Gasteiger partial charge is 0.397 e. The van der Waals surface area contributed by atoms with Gasteiger partial charge in [-0.2, -0.15) is 0 Å². The third-order valence-corrected chi connectivity index (χ3v) is 2.70. The molecule has 0 saturated heterocycles. The van der Waals surface area contributed by atoms with Gasteiger partial charge in [-0.05, 0) is 19.1 Å². The maximum Gasteiger partial charge on any atom is 0.226 e. The SMILES string of the molecule is CC(NC(=O)Cc1ccc(N)cn1)c1nncn1C. The molecule has 7 heteroatoms. The minimum Gasteiger partial charge on any atom is -0.397 e. The van der Waals surface area contributed by atoms with Crippen molar-refractivity contribution in [1.82, 2.24) is 25.1 Å². The smallest absolute Gasteiger partial charge is 0.226 e. The van der Waals surface area contributed by atoms with Crippen LogP contribution in [0.4, 0.5) is 5.69 Å². The fraction of sp³-hybridized carbons (Fsp3) is 0.333. The van der Waals surface area contributed by atoms with E-state index in [1.54, 1.807) is 23.0 Å². The van der Waals surface area contributed by atoms with Crippen molar-refractivity contribution in [2.75, 3.05) is 5.73 Å². The Morgan fingerprint density at radius 1 is 1.53 bits per heavy atom. The Kier molecular flexibility index (Phi) is 3.74. The van der Waals surface area contributed by atoms with Gasteiger partial charge in [0.25, 0.3) is 0 Å². The molecule has 0 saturated carbocycles. The molecule has 0 aliphatic carbocycles. The lowest BCUT2D eigenvalue weighted by atomic mass is 10.2. The first-order chi connectivity index (χ1) is 9.06. The topological polar surface area (TPSA) is 98.7 Å². The Balaban J connectivity index is 1.94. The van der Waals surface area contributed by atoms with Crippen LogP contribution in [0.25, 0.3) is 0 Å². The number of hydrogen-bond acceptors (Lipinski definition) is 5. The van der Waals surface area contributed by atoms with Crippen LogP contribution in [0.15, 0.2) is 24.7 Å². The second-order valence-corrected chi connectivity index (χ2v) is 4.35. The van der Waals surface area contributed by atoms with E-state index in [2.05, 4.69) is 20.5 Å². The number of aryl methyl sites for hydroxylation is 1. The fourth-order valence-electron chi connectivity index (χ4n) is 1.75. The fourth-order valence-corrected chi connectivity index (χ4v) is 1.75. The monoisotopic (exact) mass is 260 g/mol. The van der Waals surface area contributed by atoms with E-state index in [-0.39, 0.29) is 18.4 Å². The first kappa shape index (κ1) is 13.0. The highest BCUT2D eigenvalue weighted by molar-refractivity contribution is 5.78. The van der Waals surface area contributed by atoms with Gasteiger partial charge in [-0.1, -0.05) is 0 Å². The number of nitrogens with one attached hydrogen (secondary N) is 1. The summed E-state index contributed by atoms with van der Waals surface area (Å²) in [5.41, 5.74) is 6.80. The van der Waals surface area contributed by atoms with Crippen molar-refractivity contribution in [1.29, 1.82) is 0 Å². The number of nitrogens with zero attached hydrogens (tertiary/aromatic N) is 4. The zero-order valence-electron chi connectivity index (χ0n) is 10.9. The highest BCUT2D eigenvalue weighted by Crippen LogP contribution is 2.08. The number of pyridine rings is 1. The van der Waals surface area contributed by atoms with Crippen LogP contribution in [0.1, 0.15) is 24.5 Å². The van der Waals surface area contributed by atoms with Crippen LogP contribution in [0.5, 0.6) is 0 Å². The van der Waals surface area contributed by atoms with E-state index in [4.69, 9.17) is 5.73 Å². The summed E-state index contributed by atoms with van der Waals surface area (Å²) in [6.07, 6.45) is 3.34. The number of amides is 1. The second-order valence-electron chi connectivity index (χ2n) is 4.35. The number of aromatic nitrogens is 4. The van der Waals surface area contributed by atoms with E-state index in [1.807, 2.05) is 14.0 Å². The Morgan fingerprint density at radius 3 is 2.89 bits per heavy atom. The van der Waals surface area contributed by atoms with Crippen molar-refractivity contribution in [3.8, 4) is 0 Å². The molecule has 0 fully saturated rings. The predicted molar refractivity (Wildman–Crippen MR) is 69.9 cm³/mol. The molecule has 0 aliphatic heterocycles. The van der Waals surface area contributed by atoms with Gasteiger partial charge in [-0.25, -0.2) is 0 Å². The molecular weight excluding hydrogens is 244 g/mol. The highest BCUT2D eigenvalue weighted by Gasteiger charge is 2.14. The zero-order chi connectivity index (χ0) is 13.8. The van der Waals surface area contributed by atoms with E-state index in [1.165, 1.54) is 6.20 Å². The van der Waals surface area contributed by atoms with Crippen LogP contribution in [0.2, 0.25) is 0 Å². The van der Waals surface area contributed by atoms with Gasteiger partial charge in [0.15, 0.2) is 5.82 Å². The molecule has 3 N–H and O–H groups in total. The number of hydrogen-bond donors (Lipinski definition) is 2. The number of rotatable bonds is 4. The summed E-state index contributed by atoms with van der Waals surface area (Å²) < 4.78 is 1.77. The van der Waals surface area contributed by atoms with Crippen LogP contribution in [-0.2, 0) is 18.3 Å². The number of anilines is 1. The number of nitrogen functional groups attached to an aromatic ring is 1. The number of nitrogens with two attached hydrogens (primary N) is 1. The van der Waals surface area contributed by atoms with Crippen molar-refractivity contribution in [2.45, 2.75) is 19.4 Å². The molecule has 100 valence electrons. The van der Waals surface area contributed by atoms with Gasteiger partial charge in [0, 0.05) is 12.7 Å². The third kappa shape index (κ3) is 3.27. The van der Waals surface area contributed by atoms with Crippen molar-refractivity contribution in [3.05, 3.63) is 36.2 Å². The van der Waals surface area contributed by atoms with Crippen LogP contribution in [0, 0.1) is 0 Å². The summed E-state index contributed by atoms with van der Waals surface area (Å²) in [7, 11) is 1.83. The molecule has 2 aromatic heterocycles. The minimum atomic E-state index is -0.200. The number of carbonyl (C=O) groups is 1. The minimum absolute atomic E-state index is 0.118. The molecule has 2 aromatic rings. The van der Waals surface area contributed by atoms with Gasteiger partial charge in [-0.3, -0.25) is 9.78 Å². The van der Waals surface area contributed by atoms with Gasteiger partial charge >= 0.3 is 0 Å². The van der Waals surface area contributed by atoms with Crippen molar-refractivity contribution < 1.29 is 4.79 Å². The molecule has 0 bridgehead atoms. The normalized spacial score (nSPS) is 12.1. The average Bonchev–Trinajstić information content (AvgIpc) is 2.78. The lowest BCUT2D eigenvalue weighted by Gasteiger charge is -2.12. The Morgan fingerprint density at radius 2 is 2.32 bits per heavy atom. The molecule has 2 rings (SSSR count). The van der Waals surface area contributed by atoms with E-state index in [0.717, 1.165) is 0 Å².